The third-order valence-corrected chi connectivity index (χ3v) is 5.05. The minimum absolute atomic E-state index is 0.146. The van der Waals surface area contributed by atoms with Gasteiger partial charge in [0.2, 0.25) is 0 Å². The molecule has 150 valence electrons. The highest BCUT2D eigenvalue weighted by Gasteiger charge is 2.29. The van der Waals surface area contributed by atoms with Crippen LogP contribution in [0, 0.1) is 0 Å². The van der Waals surface area contributed by atoms with Crippen LogP contribution in [0.15, 0.2) is 65.7 Å². The van der Waals surface area contributed by atoms with Gasteiger partial charge in [-0.2, -0.15) is 4.98 Å². The molecule has 5 rings (SSSR count). The summed E-state index contributed by atoms with van der Waals surface area (Å²) >= 11 is 0. The number of hydrogen-bond donors (Lipinski definition) is 0. The number of hydrogen-bond acceptors (Lipinski definition) is 6. The second-order valence-corrected chi connectivity index (χ2v) is 7.45. The molecule has 3 heterocycles. The minimum atomic E-state index is -0.146. The highest BCUT2D eigenvalue weighted by molar-refractivity contribution is 5.92. The molecule has 0 bridgehead atoms. The number of benzene rings is 1. The summed E-state index contributed by atoms with van der Waals surface area (Å²) in [6, 6.07) is 13.6. The summed E-state index contributed by atoms with van der Waals surface area (Å²) < 4.78 is 7.06. The Morgan fingerprint density at radius 2 is 2.00 bits per heavy atom. The first-order valence-electron chi connectivity index (χ1n) is 9.81. The Kier molecular flexibility index (Phi) is 4.59. The van der Waals surface area contributed by atoms with Gasteiger partial charge in [-0.05, 0) is 30.5 Å². The molecule has 4 aromatic rings. The number of carbonyl (C=O) groups is 1. The molecule has 1 aromatic carbocycles. The van der Waals surface area contributed by atoms with Crippen LogP contribution in [0.1, 0.15) is 40.6 Å². The first-order valence-corrected chi connectivity index (χ1v) is 9.81. The van der Waals surface area contributed by atoms with Gasteiger partial charge < -0.3 is 9.42 Å². The smallest absolute Gasteiger partial charge is 0.274 e. The van der Waals surface area contributed by atoms with Gasteiger partial charge in [0.15, 0.2) is 5.82 Å². The van der Waals surface area contributed by atoms with E-state index in [0.29, 0.717) is 29.9 Å². The van der Waals surface area contributed by atoms with Crippen LogP contribution in [0.5, 0.6) is 0 Å². The van der Waals surface area contributed by atoms with Crippen LogP contribution in [-0.2, 0) is 6.54 Å². The summed E-state index contributed by atoms with van der Waals surface area (Å²) in [4.78, 5) is 27.5. The topological polar surface area (TPSA) is 89.9 Å². The molecule has 1 saturated carbocycles. The van der Waals surface area contributed by atoms with E-state index in [1.54, 1.807) is 35.2 Å². The van der Waals surface area contributed by atoms with Crippen LogP contribution in [0.3, 0.4) is 0 Å². The summed E-state index contributed by atoms with van der Waals surface area (Å²) in [5.41, 5.74) is 2.19. The van der Waals surface area contributed by atoms with Gasteiger partial charge in [-0.1, -0.05) is 35.5 Å². The maximum absolute atomic E-state index is 12.7. The number of aromatic nitrogens is 5. The third-order valence-electron chi connectivity index (χ3n) is 5.05. The van der Waals surface area contributed by atoms with E-state index in [1.165, 1.54) is 0 Å². The van der Waals surface area contributed by atoms with Crippen LogP contribution in [0.4, 0.5) is 0 Å². The highest BCUT2D eigenvalue weighted by atomic mass is 16.5. The zero-order valence-corrected chi connectivity index (χ0v) is 16.5. The lowest BCUT2D eigenvalue weighted by molar-refractivity contribution is 0.0780. The van der Waals surface area contributed by atoms with Crippen LogP contribution in [-0.4, -0.2) is 42.5 Å². The zero-order chi connectivity index (χ0) is 20.5. The first-order chi connectivity index (χ1) is 14.7. The van der Waals surface area contributed by atoms with Gasteiger partial charge in [0.05, 0.1) is 5.56 Å². The van der Waals surface area contributed by atoms with E-state index in [1.807, 2.05) is 42.5 Å². The second kappa shape index (κ2) is 7.55. The van der Waals surface area contributed by atoms with E-state index in [0.717, 1.165) is 29.8 Å². The number of imidazole rings is 1. The molecule has 0 spiro atoms. The van der Waals surface area contributed by atoms with Gasteiger partial charge in [-0.25, -0.2) is 9.97 Å². The number of rotatable bonds is 6. The lowest BCUT2D eigenvalue weighted by Crippen LogP contribution is -2.26. The van der Waals surface area contributed by atoms with Crippen molar-refractivity contribution in [2.75, 3.05) is 7.05 Å². The molecular weight excluding hydrogens is 380 g/mol. The summed E-state index contributed by atoms with van der Waals surface area (Å²) in [7, 11) is 1.77. The van der Waals surface area contributed by atoms with Crippen molar-refractivity contribution in [2.24, 2.45) is 0 Å². The molecule has 0 aliphatic heterocycles. The van der Waals surface area contributed by atoms with Crippen molar-refractivity contribution in [3.63, 3.8) is 0 Å². The van der Waals surface area contributed by atoms with E-state index < -0.39 is 0 Å². The van der Waals surface area contributed by atoms with E-state index in [4.69, 9.17) is 4.52 Å². The molecule has 0 radical (unpaired) electrons. The molecule has 8 nitrogen and oxygen atoms in total. The standard InChI is InChI=1S/C22H20N6O2/c1-27(12-15-5-3-2-4-6-15)22(29)18-13-28(14-24-18)19-10-9-17(11-23-19)21-25-20(26-30-21)16-7-8-16/h2-6,9-11,13-14,16H,7-8,12H2,1H3. The fourth-order valence-corrected chi connectivity index (χ4v) is 3.21. The predicted octanol–water partition coefficient (Wildman–Crippen LogP) is 3.47. The van der Waals surface area contributed by atoms with Crippen molar-refractivity contribution in [3.8, 4) is 17.3 Å². The van der Waals surface area contributed by atoms with Crippen LogP contribution in [0.2, 0.25) is 0 Å². The lowest BCUT2D eigenvalue weighted by Gasteiger charge is -2.15. The Labute approximate surface area is 173 Å². The summed E-state index contributed by atoms with van der Waals surface area (Å²) in [6.07, 6.45) is 7.20. The Morgan fingerprint density at radius 3 is 2.73 bits per heavy atom. The molecule has 0 N–H and O–H groups in total. The summed E-state index contributed by atoms with van der Waals surface area (Å²) in [5, 5.41) is 4.03. The number of nitrogens with zero attached hydrogens (tertiary/aromatic N) is 6. The van der Waals surface area contributed by atoms with Crippen molar-refractivity contribution in [3.05, 3.63) is 78.3 Å². The summed E-state index contributed by atoms with van der Waals surface area (Å²) in [5.74, 6) is 2.19. The van der Waals surface area contributed by atoms with E-state index in [9.17, 15) is 4.79 Å². The van der Waals surface area contributed by atoms with Gasteiger partial charge in [-0.15, -0.1) is 0 Å². The molecule has 8 heteroatoms. The molecule has 1 amide bonds. The maximum Gasteiger partial charge on any atom is 0.274 e. The molecule has 1 aliphatic carbocycles. The van der Waals surface area contributed by atoms with Gasteiger partial charge in [0, 0.05) is 31.9 Å². The zero-order valence-electron chi connectivity index (χ0n) is 16.5. The monoisotopic (exact) mass is 400 g/mol. The SMILES string of the molecule is CN(Cc1ccccc1)C(=O)c1cn(-c2ccc(-c3nc(C4CC4)no3)cn2)cn1. The summed E-state index contributed by atoms with van der Waals surface area (Å²) in [6.45, 7) is 0.520. The Bertz CT molecular complexity index is 1160. The molecule has 1 aliphatic rings. The van der Waals surface area contributed by atoms with Crippen molar-refractivity contribution in [1.29, 1.82) is 0 Å². The Morgan fingerprint density at radius 1 is 1.17 bits per heavy atom. The molecular formula is C22H20N6O2. The normalized spacial score (nSPS) is 13.4. The van der Waals surface area contributed by atoms with Crippen molar-refractivity contribution < 1.29 is 9.32 Å². The molecule has 1 fully saturated rings. The van der Waals surface area contributed by atoms with Crippen molar-refractivity contribution >= 4 is 5.91 Å². The molecule has 0 unspecified atom stereocenters. The number of amides is 1. The minimum Gasteiger partial charge on any atom is -0.336 e. The molecule has 0 atom stereocenters. The van der Waals surface area contributed by atoms with Crippen LogP contribution < -0.4 is 0 Å². The van der Waals surface area contributed by atoms with Gasteiger partial charge >= 0.3 is 0 Å². The average molecular weight is 400 g/mol. The van der Waals surface area contributed by atoms with Crippen molar-refractivity contribution in [2.45, 2.75) is 25.3 Å². The third kappa shape index (κ3) is 3.71. The van der Waals surface area contributed by atoms with E-state index in [-0.39, 0.29) is 5.91 Å². The van der Waals surface area contributed by atoms with Gasteiger partial charge in [0.25, 0.3) is 11.8 Å². The van der Waals surface area contributed by atoms with Crippen molar-refractivity contribution in [1.82, 2.24) is 29.6 Å². The van der Waals surface area contributed by atoms with E-state index >= 15 is 0 Å². The molecule has 0 saturated heterocycles. The quantitative estimate of drug-likeness (QED) is 0.492. The van der Waals surface area contributed by atoms with Crippen LogP contribution in [0.25, 0.3) is 17.3 Å². The Hall–Kier alpha value is -3.81. The second-order valence-electron chi connectivity index (χ2n) is 7.45. The first kappa shape index (κ1) is 18.2. The molecule has 30 heavy (non-hydrogen) atoms. The fraction of sp³-hybridized carbons (Fsp3) is 0.227. The molecule has 3 aromatic heterocycles. The maximum atomic E-state index is 12.7. The average Bonchev–Trinajstić information content (AvgIpc) is 3.31. The lowest BCUT2D eigenvalue weighted by atomic mass is 10.2. The van der Waals surface area contributed by atoms with Crippen LogP contribution >= 0.6 is 0 Å². The van der Waals surface area contributed by atoms with Gasteiger partial charge in [0.1, 0.15) is 17.8 Å². The van der Waals surface area contributed by atoms with Gasteiger partial charge in [-0.3, -0.25) is 9.36 Å². The number of carbonyl (C=O) groups excluding carboxylic acids is 1. The predicted molar refractivity (Wildman–Crippen MR) is 109 cm³/mol. The van der Waals surface area contributed by atoms with E-state index in [2.05, 4.69) is 20.1 Å². The highest BCUT2D eigenvalue weighted by Crippen LogP contribution is 2.38. The fourth-order valence-electron chi connectivity index (χ4n) is 3.21. The Balaban J connectivity index is 1.29. The largest absolute Gasteiger partial charge is 0.336 e. The number of pyridine rings is 1.